The summed E-state index contributed by atoms with van der Waals surface area (Å²) >= 11 is 5.99. The lowest BCUT2D eigenvalue weighted by molar-refractivity contribution is -0.137. The number of amides is 4. The van der Waals surface area contributed by atoms with Crippen molar-refractivity contribution >= 4 is 41.2 Å². The summed E-state index contributed by atoms with van der Waals surface area (Å²) in [6.07, 6.45) is -2.76. The second kappa shape index (κ2) is 10.2. The van der Waals surface area contributed by atoms with Crippen LogP contribution in [0.1, 0.15) is 31.4 Å². The second-order valence-electron chi connectivity index (χ2n) is 7.11. The van der Waals surface area contributed by atoms with Crippen LogP contribution in [-0.4, -0.2) is 31.1 Å². The molecule has 1 N–H and O–H groups in total. The van der Waals surface area contributed by atoms with Crippen LogP contribution < -0.4 is 19.7 Å². The zero-order valence-corrected chi connectivity index (χ0v) is 18.9. The third kappa shape index (κ3) is 5.33. The van der Waals surface area contributed by atoms with E-state index in [2.05, 4.69) is 0 Å². The highest BCUT2D eigenvalue weighted by Crippen LogP contribution is 2.37. The standard InChI is InChI=1S/C23H20ClF3N2O5/c1-3-9-34-18-8-5-13(11-19(18)33-4-2)10-15-20(30)28-22(32)29(21(15)31)17-12-14(23(25,26)27)6-7-16(17)24/h5-8,10-12H,3-4,9H2,1-2H3,(H,28,30,32)/b15-10+. The Labute approximate surface area is 198 Å². The molecule has 0 bridgehead atoms. The molecule has 0 aromatic heterocycles. The molecule has 0 unspecified atom stereocenters. The predicted octanol–water partition coefficient (Wildman–Crippen LogP) is 5.21. The highest BCUT2D eigenvalue weighted by molar-refractivity contribution is 6.42. The molecular weight excluding hydrogens is 477 g/mol. The lowest BCUT2D eigenvalue weighted by Crippen LogP contribution is -2.54. The first-order chi connectivity index (χ1) is 16.1. The fraction of sp³-hybridized carbons (Fsp3) is 0.261. The van der Waals surface area contributed by atoms with E-state index in [1.807, 2.05) is 12.2 Å². The van der Waals surface area contributed by atoms with Crippen LogP contribution in [0.15, 0.2) is 42.0 Å². The SMILES string of the molecule is CCCOc1ccc(/C=C2\C(=O)NC(=O)N(c3cc(C(F)(F)F)ccc3Cl)C2=O)cc1OCC. The molecule has 2 aromatic carbocycles. The highest BCUT2D eigenvalue weighted by Gasteiger charge is 2.39. The molecular formula is C23H20ClF3N2O5. The molecule has 2 aromatic rings. The number of nitrogens with one attached hydrogen (secondary N) is 1. The Kier molecular flexibility index (Phi) is 7.51. The molecule has 0 spiro atoms. The van der Waals surface area contributed by atoms with E-state index in [9.17, 15) is 27.6 Å². The first-order valence-corrected chi connectivity index (χ1v) is 10.6. The van der Waals surface area contributed by atoms with Gasteiger partial charge in [-0.05, 0) is 55.3 Å². The monoisotopic (exact) mass is 496 g/mol. The number of urea groups is 1. The number of carbonyl (C=O) groups is 3. The summed E-state index contributed by atoms with van der Waals surface area (Å²) in [5.41, 5.74) is -1.72. The molecule has 1 aliphatic rings. The van der Waals surface area contributed by atoms with Gasteiger partial charge in [0.15, 0.2) is 11.5 Å². The number of halogens is 4. The molecule has 1 saturated heterocycles. The van der Waals surface area contributed by atoms with Crippen molar-refractivity contribution in [2.75, 3.05) is 18.1 Å². The van der Waals surface area contributed by atoms with Crippen LogP contribution in [0.3, 0.4) is 0 Å². The number of carbonyl (C=O) groups excluding carboxylic acids is 3. The molecule has 0 aliphatic carbocycles. The van der Waals surface area contributed by atoms with Crippen LogP contribution in [0.4, 0.5) is 23.7 Å². The van der Waals surface area contributed by atoms with Crippen molar-refractivity contribution in [1.82, 2.24) is 5.32 Å². The molecule has 0 saturated carbocycles. The quantitative estimate of drug-likeness (QED) is 0.420. The fourth-order valence-corrected chi connectivity index (χ4v) is 3.32. The number of hydrogen-bond donors (Lipinski definition) is 1. The highest BCUT2D eigenvalue weighted by atomic mass is 35.5. The topological polar surface area (TPSA) is 84.9 Å². The number of benzene rings is 2. The molecule has 1 heterocycles. The van der Waals surface area contributed by atoms with Gasteiger partial charge >= 0.3 is 12.2 Å². The molecule has 3 rings (SSSR count). The number of anilines is 1. The summed E-state index contributed by atoms with van der Waals surface area (Å²) in [4.78, 5) is 38.2. The number of barbiturate groups is 1. The smallest absolute Gasteiger partial charge is 0.416 e. The minimum atomic E-state index is -4.74. The summed E-state index contributed by atoms with van der Waals surface area (Å²) in [7, 11) is 0. The van der Waals surface area contributed by atoms with Gasteiger partial charge in [-0.25, -0.2) is 9.69 Å². The van der Waals surface area contributed by atoms with Gasteiger partial charge in [0.1, 0.15) is 5.57 Å². The van der Waals surface area contributed by atoms with Crippen molar-refractivity contribution in [2.24, 2.45) is 0 Å². The summed E-state index contributed by atoms with van der Waals surface area (Å²) in [6.45, 7) is 4.50. The lowest BCUT2D eigenvalue weighted by Gasteiger charge is -2.27. The molecule has 0 radical (unpaired) electrons. The van der Waals surface area contributed by atoms with Gasteiger partial charge in [0, 0.05) is 0 Å². The summed E-state index contributed by atoms with van der Waals surface area (Å²) in [5.74, 6) is -1.28. The van der Waals surface area contributed by atoms with Gasteiger partial charge in [-0.3, -0.25) is 14.9 Å². The van der Waals surface area contributed by atoms with E-state index in [1.165, 1.54) is 6.08 Å². The molecule has 0 atom stereocenters. The first kappa shape index (κ1) is 25.1. The maximum Gasteiger partial charge on any atom is 0.416 e. The van der Waals surface area contributed by atoms with Gasteiger partial charge in [-0.15, -0.1) is 0 Å². The van der Waals surface area contributed by atoms with Crippen molar-refractivity contribution < 1.29 is 37.0 Å². The molecule has 1 fully saturated rings. The van der Waals surface area contributed by atoms with Gasteiger partial charge in [0.25, 0.3) is 11.8 Å². The Morgan fingerprint density at radius 3 is 2.41 bits per heavy atom. The van der Waals surface area contributed by atoms with Crippen LogP contribution in [0, 0.1) is 0 Å². The Morgan fingerprint density at radius 2 is 1.76 bits per heavy atom. The Hall–Kier alpha value is -3.53. The van der Waals surface area contributed by atoms with Crippen molar-refractivity contribution in [3.8, 4) is 11.5 Å². The van der Waals surface area contributed by atoms with Crippen LogP contribution in [0.25, 0.3) is 6.08 Å². The third-order valence-electron chi connectivity index (χ3n) is 4.66. The number of rotatable bonds is 7. The maximum atomic E-state index is 13.2. The van der Waals surface area contributed by atoms with E-state index in [4.69, 9.17) is 21.1 Å². The van der Waals surface area contributed by atoms with E-state index >= 15 is 0 Å². The number of alkyl halides is 3. The van der Waals surface area contributed by atoms with Gasteiger partial charge in [-0.2, -0.15) is 13.2 Å². The van der Waals surface area contributed by atoms with Crippen LogP contribution in [0.2, 0.25) is 5.02 Å². The maximum absolute atomic E-state index is 13.2. The largest absolute Gasteiger partial charge is 0.490 e. The van der Waals surface area contributed by atoms with Gasteiger partial charge in [-0.1, -0.05) is 24.6 Å². The average molecular weight is 497 g/mol. The number of ether oxygens (including phenoxy) is 2. The van der Waals surface area contributed by atoms with Gasteiger partial charge in [0.05, 0.1) is 29.5 Å². The normalized spacial score (nSPS) is 15.5. The van der Waals surface area contributed by atoms with Crippen molar-refractivity contribution in [3.63, 3.8) is 0 Å². The second-order valence-corrected chi connectivity index (χ2v) is 7.52. The van der Waals surface area contributed by atoms with Crippen molar-refractivity contribution in [2.45, 2.75) is 26.4 Å². The van der Waals surface area contributed by atoms with Crippen LogP contribution in [-0.2, 0) is 15.8 Å². The van der Waals surface area contributed by atoms with Crippen LogP contribution >= 0.6 is 11.6 Å². The molecule has 4 amide bonds. The molecule has 11 heteroatoms. The number of hydrogen-bond acceptors (Lipinski definition) is 5. The van der Waals surface area contributed by atoms with Crippen molar-refractivity contribution in [3.05, 3.63) is 58.1 Å². The van der Waals surface area contributed by atoms with E-state index in [0.29, 0.717) is 41.2 Å². The zero-order valence-electron chi connectivity index (χ0n) is 18.2. The predicted molar refractivity (Wildman–Crippen MR) is 119 cm³/mol. The van der Waals surface area contributed by atoms with E-state index in [-0.39, 0.29) is 5.02 Å². The molecule has 180 valence electrons. The van der Waals surface area contributed by atoms with E-state index < -0.39 is 40.8 Å². The Balaban J connectivity index is 2.02. The van der Waals surface area contributed by atoms with Crippen LogP contribution in [0.5, 0.6) is 11.5 Å². The minimum Gasteiger partial charge on any atom is -0.490 e. The molecule has 34 heavy (non-hydrogen) atoms. The van der Waals surface area contributed by atoms with Crippen molar-refractivity contribution in [1.29, 1.82) is 0 Å². The minimum absolute atomic E-state index is 0.277. The summed E-state index contributed by atoms with van der Waals surface area (Å²) in [5, 5.41) is 1.68. The molecule has 1 aliphatic heterocycles. The summed E-state index contributed by atoms with van der Waals surface area (Å²) in [6, 6.07) is 5.71. The van der Waals surface area contributed by atoms with E-state index in [1.54, 1.807) is 25.1 Å². The first-order valence-electron chi connectivity index (χ1n) is 10.2. The Morgan fingerprint density at radius 1 is 1.03 bits per heavy atom. The summed E-state index contributed by atoms with van der Waals surface area (Å²) < 4.78 is 50.7. The average Bonchev–Trinajstić information content (AvgIpc) is 2.76. The molecule has 7 nitrogen and oxygen atoms in total. The van der Waals surface area contributed by atoms with Gasteiger partial charge in [0.2, 0.25) is 0 Å². The zero-order chi connectivity index (χ0) is 25.0. The number of nitrogens with zero attached hydrogens (tertiary/aromatic N) is 1. The lowest BCUT2D eigenvalue weighted by atomic mass is 10.1. The fourth-order valence-electron chi connectivity index (χ4n) is 3.12. The van der Waals surface area contributed by atoms with Gasteiger partial charge < -0.3 is 9.47 Å². The Bertz CT molecular complexity index is 1160. The number of imide groups is 2. The van der Waals surface area contributed by atoms with E-state index in [0.717, 1.165) is 18.6 Å². The third-order valence-corrected chi connectivity index (χ3v) is 4.98.